The number of thiocarbonyl (C=S) groups is 1. The number of nitrogens with two attached hydrogens (primary N) is 1. The van der Waals surface area contributed by atoms with Crippen molar-refractivity contribution >= 4 is 28.1 Å². The molecule has 0 aliphatic heterocycles. The highest BCUT2D eigenvalue weighted by Gasteiger charge is 2.02. The van der Waals surface area contributed by atoms with Crippen LogP contribution in [0.15, 0.2) is 30.5 Å². The van der Waals surface area contributed by atoms with E-state index in [0.717, 1.165) is 5.52 Å². The van der Waals surface area contributed by atoms with Crippen molar-refractivity contribution in [3.63, 3.8) is 0 Å². The van der Waals surface area contributed by atoms with Gasteiger partial charge in [0.1, 0.15) is 0 Å². The second-order valence-corrected chi connectivity index (χ2v) is 3.53. The Hall–Kier alpha value is -1.35. The number of benzene rings is 1. The molecule has 0 aliphatic carbocycles. The Kier molecular flexibility index (Phi) is 2.02. The summed E-state index contributed by atoms with van der Waals surface area (Å²) in [6, 6.07) is 8.13. The third-order valence-electron chi connectivity index (χ3n) is 2.04. The van der Waals surface area contributed by atoms with Gasteiger partial charge in [0, 0.05) is 23.5 Å². The van der Waals surface area contributed by atoms with E-state index in [1.165, 1.54) is 10.9 Å². The van der Waals surface area contributed by atoms with Crippen molar-refractivity contribution in [2.24, 2.45) is 5.73 Å². The summed E-state index contributed by atoms with van der Waals surface area (Å²) in [7, 11) is 0. The summed E-state index contributed by atoms with van der Waals surface area (Å²) < 4.78 is 0. The van der Waals surface area contributed by atoms with Gasteiger partial charge in [0.25, 0.3) is 0 Å². The highest BCUT2D eigenvalue weighted by molar-refractivity contribution is 7.80. The monoisotopic (exact) mass is 190 g/mol. The molecule has 0 atom stereocenters. The fourth-order valence-corrected chi connectivity index (χ4v) is 1.62. The molecule has 0 saturated heterocycles. The number of aromatic amines is 1. The van der Waals surface area contributed by atoms with Crippen LogP contribution in [0.2, 0.25) is 0 Å². The van der Waals surface area contributed by atoms with E-state index in [1.807, 2.05) is 24.4 Å². The molecule has 1 aromatic carbocycles. The standard InChI is InChI=1S/C10H10N2S/c11-10(13)5-7-6-12-9-4-2-1-3-8(7)9/h1-4,6,12H,5H2,(H2,11,13). The normalized spacial score (nSPS) is 10.5. The molecule has 0 aliphatic rings. The van der Waals surface area contributed by atoms with Crippen LogP contribution in [-0.2, 0) is 6.42 Å². The Morgan fingerprint density at radius 1 is 1.38 bits per heavy atom. The van der Waals surface area contributed by atoms with Crippen molar-refractivity contribution < 1.29 is 0 Å². The van der Waals surface area contributed by atoms with E-state index in [4.69, 9.17) is 18.0 Å². The number of hydrogen-bond acceptors (Lipinski definition) is 1. The predicted octanol–water partition coefficient (Wildman–Crippen LogP) is 2.00. The Morgan fingerprint density at radius 3 is 2.92 bits per heavy atom. The SMILES string of the molecule is NC(=S)Cc1c[nH]c2ccccc12. The van der Waals surface area contributed by atoms with Crippen LogP contribution >= 0.6 is 12.2 Å². The van der Waals surface area contributed by atoms with Gasteiger partial charge in [-0.2, -0.15) is 0 Å². The Morgan fingerprint density at radius 2 is 2.15 bits per heavy atom. The Bertz CT molecular complexity index is 445. The van der Waals surface area contributed by atoms with Gasteiger partial charge in [-0.15, -0.1) is 0 Å². The fourth-order valence-electron chi connectivity index (χ4n) is 1.47. The summed E-state index contributed by atoms with van der Waals surface area (Å²) in [6.45, 7) is 0. The molecule has 0 unspecified atom stereocenters. The van der Waals surface area contributed by atoms with Crippen LogP contribution in [0.5, 0.6) is 0 Å². The van der Waals surface area contributed by atoms with Crippen molar-refractivity contribution in [2.45, 2.75) is 6.42 Å². The first-order chi connectivity index (χ1) is 6.27. The lowest BCUT2D eigenvalue weighted by Gasteiger charge is -1.95. The molecule has 2 rings (SSSR count). The number of hydrogen-bond donors (Lipinski definition) is 2. The summed E-state index contributed by atoms with van der Waals surface area (Å²) >= 11 is 4.87. The van der Waals surface area contributed by atoms with Crippen LogP contribution in [0.3, 0.4) is 0 Å². The topological polar surface area (TPSA) is 41.8 Å². The fraction of sp³-hybridized carbons (Fsp3) is 0.100. The van der Waals surface area contributed by atoms with Crippen LogP contribution in [-0.4, -0.2) is 9.97 Å². The third-order valence-corrected chi connectivity index (χ3v) is 2.18. The maximum absolute atomic E-state index is 5.49. The van der Waals surface area contributed by atoms with E-state index in [-0.39, 0.29) is 0 Å². The molecule has 1 aromatic heterocycles. The molecule has 3 N–H and O–H groups in total. The maximum atomic E-state index is 5.49. The van der Waals surface area contributed by atoms with E-state index in [2.05, 4.69) is 11.1 Å². The van der Waals surface area contributed by atoms with Gasteiger partial charge in [0.2, 0.25) is 0 Å². The number of para-hydroxylation sites is 1. The molecule has 1 heterocycles. The summed E-state index contributed by atoms with van der Waals surface area (Å²) in [5.74, 6) is 0. The van der Waals surface area contributed by atoms with Crippen molar-refractivity contribution in [3.05, 3.63) is 36.0 Å². The first-order valence-corrected chi connectivity index (χ1v) is 4.51. The number of nitrogens with one attached hydrogen (secondary N) is 1. The summed E-state index contributed by atoms with van der Waals surface area (Å²) in [4.78, 5) is 3.71. The zero-order chi connectivity index (χ0) is 9.26. The number of fused-ring (bicyclic) bond motifs is 1. The molecule has 3 heteroatoms. The van der Waals surface area contributed by atoms with Crippen LogP contribution < -0.4 is 5.73 Å². The third kappa shape index (κ3) is 1.55. The average molecular weight is 190 g/mol. The van der Waals surface area contributed by atoms with Crippen LogP contribution in [0.1, 0.15) is 5.56 Å². The minimum atomic E-state index is 0.532. The lowest BCUT2D eigenvalue weighted by Crippen LogP contribution is -2.10. The van der Waals surface area contributed by atoms with Gasteiger partial charge in [0.15, 0.2) is 0 Å². The molecular weight excluding hydrogens is 180 g/mol. The largest absolute Gasteiger partial charge is 0.393 e. The summed E-state index contributed by atoms with van der Waals surface area (Å²) in [6.07, 6.45) is 2.63. The Balaban J connectivity index is 2.51. The highest BCUT2D eigenvalue weighted by atomic mass is 32.1. The molecular formula is C10H10N2S. The van der Waals surface area contributed by atoms with Crippen molar-refractivity contribution in [1.82, 2.24) is 4.98 Å². The Labute approximate surface area is 81.8 Å². The summed E-state index contributed by atoms with van der Waals surface area (Å²) in [5.41, 5.74) is 7.79. The maximum Gasteiger partial charge on any atom is 0.0772 e. The molecule has 0 saturated carbocycles. The number of aromatic nitrogens is 1. The zero-order valence-corrected chi connectivity index (χ0v) is 7.90. The molecule has 0 spiro atoms. The minimum Gasteiger partial charge on any atom is -0.393 e. The second-order valence-electron chi connectivity index (χ2n) is 3.00. The van der Waals surface area contributed by atoms with Gasteiger partial charge >= 0.3 is 0 Å². The van der Waals surface area contributed by atoms with E-state index in [1.54, 1.807) is 0 Å². The molecule has 13 heavy (non-hydrogen) atoms. The van der Waals surface area contributed by atoms with Gasteiger partial charge in [-0.1, -0.05) is 30.4 Å². The van der Waals surface area contributed by atoms with Crippen molar-refractivity contribution in [2.75, 3.05) is 0 Å². The smallest absolute Gasteiger partial charge is 0.0772 e. The lowest BCUT2D eigenvalue weighted by molar-refractivity contribution is 1.34. The quantitative estimate of drug-likeness (QED) is 0.711. The zero-order valence-electron chi connectivity index (χ0n) is 7.08. The molecule has 0 fully saturated rings. The number of H-pyrrole nitrogens is 1. The molecule has 2 aromatic rings. The molecule has 66 valence electrons. The number of rotatable bonds is 2. The predicted molar refractivity (Wildman–Crippen MR) is 58.8 cm³/mol. The summed E-state index contributed by atoms with van der Waals surface area (Å²) in [5, 5.41) is 1.20. The van der Waals surface area contributed by atoms with E-state index in [0.29, 0.717) is 11.4 Å². The van der Waals surface area contributed by atoms with Gasteiger partial charge < -0.3 is 10.7 Å². The van der Waals surface area contributed by atoms with E-state index >= 15 is 0 Å². The molecule has 0 radical (unpaired) electrons. The molecule has 2 nitrogen and oxygen atoms in total. The van der Waals surface area contributed by atoms with Crippen LogP contribution in [0.4, 0.5) is 0 Å². The van der Waals surface area contributed by atoms with E-state index in [9.17, 15) is 0 Å². The van der Waals surface area contributed by atoms with Crippen molar-refractivity contribution in [1.29, 1.82) is 0 Å². The first-order valence-electron chi connectivity index (χ1n) is 4.10. The first kappa shape index (κ1) is 8.26. The molecule has 0 bridgehead atoms. The molecule has 0 amide bonds. The lowest BCUT2D eigenvalue weighted by atomic mass is 10.1. The second kappa shape index (κ2) is 3.18. The van der Waals surface area contributed by atoms with Crippen LogP contribution in [0.25, 0.3) is 10.9 Å². The van der Waals surface area contributed by atoms with Crippen molar-refractivity contribution in [3.8, 4) is 0 Å². The van der Waals surface area contributed by atoms with Gasteiger partial charge in [-0.05, 0) is 11.6 Å². The van der Waals surface area contributed by atoms with Crippen LogP contribution in [0, 0.1) is 0 Å². The van der Waals surface area contributed by atoms with Gasteiger partial charge in [-0.25, -0.2) is 0 Å². The minimum absolute atomic E-state index is 0.532. The van der Waals surface area contributed by atoms with Gasteiger partial charge in [0.05, 0.1) is 4.99 Å². The van der Waals surface area contributed by atoms with E-state index < -0.39 is 0 Å². The highest BCUT2D eigenvalue weighted by Crippen LogP contribution is 2.17. The van der Waals surface area contributed by atoms with Gasteiger partial charge in [-0.3, -0.25) is 0 Å². The average Bonchev–Trinajstić information content (AvgIpc) is 2.48.